The lowest BCUT2D eigenvalue weighted by Gasteiger charge is -2.14. The molecule has 3 heterocycles. The quantitative estimate of drug-likeness (QED) is 0.861. The maximum Gasteiger partial charge on any atom is 0.231 e. The second-order valence-electron chi connectivity index (χ2n) is 5.75. The summed E-state index contributed by atoms with van der Waals surface area (Å²) in [6.45, 7) is 3.84. The van der Waals surface area contributed by atoms with Crippen LogP contribution >= 0.6 is 0 Å². The first-order chi connectivity index (χ1) is 11.1. The number of hydrogen-bond donors (Lipinski definition) is 2. The van der Waals surface area contributed by atoms with Crippen molar-refractivity contribution in [1.29, 1.82) is 0 Å². The lowest BCUT2D eigenvalue weighted by molar-refractivity contribution is -0.118. The Morgan fingerprint density at radius 1 is 1.39 bits per heavy atom. The first-order valence-electron chi connectivity index (χ1n) is 7.64. The molecule has 0 unspecified atom stereocenters. The summed E-state index contributed by atoms with van der Waals surface area (Å²) in [5, 5.41) is 3.20. The van der Waals surface area contributed by atoms with Crippen molar-refractivity contribution in [1.82, 2.24) is 19.9 Å². The van der Waals surface area contributed by atoms with Gasteiger partial charge < -0.3 is 11.1 Å². The monoisotopic (exact) mass is 312 g/mol. The number of nitrogens with one attached hydrogen (secondary N) is 1. The van der Waals surface area contributed by atoms with Crippen molar-refractivity contribution in [3.63, 3.8) is 0 Å². The molecule has 7 heteroatoms. The van der Waals surface area contributed by atoms with E-state index in [9.17, 15) is 4.79 Å². The van der Waals surface area contributed by atoms with Gasteiger partial charge in [-0.3, -0.25) is 9.69 Å². The number of nitrogens with two attached hydrogens (primary N) is 1. The van der Waals surface area contributed by atoms with Crippen molar-refractivity contribution in [2.75, 3.05) is 25.0 Å². The third kappa shape index (κ3) is 4.01. The minimum absolute atomic E-state index is 0.290. The van der Waals surface area contributed by atoms with Crippen LogP contribution in [0.3, 0.4) is 0 Å². The molecule has 1 aliphatic heterocycles. The van der Waals surface area contributed by atoms with Crippen LogP contribution in [0.5, 0.6) is 0 Å². The normalized spacial score (nSPS) is 18.0. The number of pyridine rings is 1. The number of primary amides is 1. The number of anilines is 2. The molecule has 3 N–H and O–H groups in total. The summed E-state index contributed by atoms with van der Waals surface area (Å²) in [6, 6.07) is 7.64. The van der Waals surface area contributed by atoms with Crippen LogP contribution in [0.25, 0.3) is 0 Å². The van der Waals surface area contributed by atoms with Gasteiger partial charge in [-0.1, -0.05) is 6.07 Å². The van der Waals surface area contributed by atoms with E-state index < -0.39 is 0 Å². The van der Waals surface area contributed by atoms with E-state index in [1.165, 1.54) is 0 Å². The summed E-state index contributed by atoms with van der Waals surface area (Å²) in [5.74, 6) is 2.20. The molecule has 2 aromatic heterocycles. The van der Waals surface area contributed by atoms with Crippen molar-refractivity contribution < 1.29 is 4.79 Å². The fourth-order valence-electron chi connectivity index (χ4n) is 2.87. The van der Waals surface area contributed by atoms with E-state index in [2.05, 4.69) is 25.2 Å². The predicted molar refractivity (Wildman–Crippen MR) is 87.3 cm³/mol. The van der Waals surface area contributed by atoms with Crippen molar-refractivity contribution in [2.24, 2.45) is 5.73 Å². The van der Waals surface area contributed by atoms with E-state index >= 15 is 0 Å². The van der Waals surface area contributed by atoms with Crippen LogP contribution in [-0.2, 0) is 4.79 Å². The number of nitrogens with zero attached hydrogens (tertiary/aromatic N) is 4. The van der Waals surface area contributed by atoms with Crippen LogP contribution in [0.2, 0.25) is 0 Å². The summed E-state index contributed by atoms with van der Waals surface area (Å²) >= 11 is 0. The standard InChI is InChI=1S/C16H20N6O/c1-11-19-13(12-5-7-22(9-12)10-14(17)23)8-16(20-11)21-15-4-2-3-6-18-15/h2-4,6,8,12H,5,7,9-10H2,1H3,(H2,17,23)(H,18,19,20,21)/t12-/m0/s1. The molecule has 0 aliphatic carbocycles. The van der Waals surface area contributed by atoms with E-state index in [0.29, 0.717) is 18.3 Å². The van der Waals surface area contributed by atoms with Gasteiger partial charge in [-0.15, -0.1) is 0 Å². The zero-order valence-corrected chi connectivity index (χ0v) is 13.1. The van der Waals surface area contributed by atoms with E-state index in [1.54, 1.807) is 6.20 Å². The van der Waals surface area contributed by atoms with E-state index in [4.69, 9.17) is 5.73 Å². The number of amides is 1. The van der Waals surface area contributed by atoms with Gasteiger partial charge in [-0.2, -0.15) is 0 Å². The number of carbonyl (C=O) groups excluding carboxylic acids is 1. The van der Waals surface area contributed by atoms with E-state index in [0.717, 1.165) is 36.8 Å². The fourth-order valence-corrected chi connectivity index (χ4v) is 2.87. The van der Waals surface area contributed by atoms with Gasteiger partial charge >= 0.3 is 0 Å². The third-order valence-corrected chi connectivity index (χ3v) is 3.85. The maximum atomic E-state index is 11.0. The summed E-state index contributed by atoms with van der Waals surface area (Å²) in [4.78, 5) is 26.3. The zero-order chi connectivity index (χ0) is 16.2. The number of rotatable bonds is 5. The Labute approximate surface area is 135 Å². The Bertz CT molecular complexity index is 690. The molecule has 120 valence electrons. The van der Waals surface area contributed by atoms with Gasteiger partial charge in [0.15, 0.2) is 0 Å². The Morgan fingerprint density at radius 2 is 2.26 bits per heavy atom. The molecule has 1 fully saturated rings. The van der Waals surface area contributed by atoms with Gasteiger partial charge in [-0.05, 0) is 32.0 Å². The average Bonchev–Trinajstić information content (AvgIpc) is 2.95. The third-order valence-electron chi connectivity index (χ3n) is 3.85. The van der Waals surface area contributed by atoms with E-state index in [-0.39, 0.29) is 5.91 Å². The first kappa shape index (κ1) is 15.4. The lowest BCUT2D eigenvalue weighted by Crippen LogP contribution is -2.31. The highest BCUT2D eigenvalue weighted by atomic mass is 16.1. The van der Waals surface area contributed by atoms with Crippen LogP contribution < -0.4 is 11.1 Å². The predicted octanol–water partition coefficient (Wildman–Crippen LogP) is 1.20. The van der Waals surface area contributed by atoms with Gasteiger partial charge in [0.05, 0.1) is 12.2 Å². The number of aromatic nitrogens is 3. The molecular weight excluding hydrogens is 292 g/mol. The number of hydrogen-bond acceptors (Lipinski definition) is 6. The molecule has 7 nitrogen and oxygen atoms in total. The molecule has 3 rings (SSSR count). The van der Waals surface area contributed by atoms with E-state index in [1.807, 2.05) is 31.2 Å². The number of likely N-dealkylation sites (tertiary alicyclic amines) is 1. The average molecular weight is 312 g/mol. The minimum Gasteiger partial charge on any atom is -0.369 e. The second kappa shape index (κ2) is 6.70. The van der Waals surface area contributed by atoms with Gasteiger partial charge in [0.2, 0.25) is 5.91 Å². The molecular formula is C16H20N6O. The number of aryl methyl sites for hydroxylation is 1. The molecule has 0 aromatic carbocycles. The highest BCUT2D eigenvalue weighted by Gasteiger charge is 2.26. The van der Waals surface area contributed by atoms with Gasteiger partial charge in [0, 0.05) is 24.7 Å². The fraction of sp³-hybridized carbons (Fsp3) is 0.375. The van der Waals surface area contributed by atoms with Crippen LogP contribution in [-0.4, -0.2) is 45.4 Å². The largest absolute Gasteiger partial charge is 0.369 e. The topological polar surface area (TPSA) is 97.0 Å². The van der Waals surface area contributed by atoms with Crippen LogP contribution in [0.4, 0.5) is 11.6 Å². The molecule has 2 aromatic rings. The Balaban J connectivity index is 1.74. The Morgan fingerprint density at radius 3 is 3.00 bits per heavy atom. The number of carbonyl (C=O) groups is 1. The summed E-state index contributed by atoms with van der Waals surface area (Å²) < 4.78 is 0. The molecule has 0 spiro atoms. The van der Waals surface area contributed by atoms with Crippen molar-refractivity contribution in [3.05, 3.63) is 42.0 Å². The van der Waals surface area contributed by atoms with Crippen LogP contribution in [0.1, 0.15) is 23.9 Å². The summed E-state index contributed by atoms with van der Waals surface area (Å²) in [7, 11) is 0. The first-order valence-corrected chi connectivity index (χ1v) is 7.64. The van der Waals surface area contributed by atoms with Gasteiger partial charge in [0.1, 0.15) is 17.5 Å². The zero-order valence-electron chi connectivity index (χ0n) is 13.1. The van der Waals surface area contributed by atoms with Gasteiger partial charge in [-0.25, -0.2) is 15.0 Å². The summed E-state index contributed by atoms with van der Waals surface area (Å²) in [5.41, 5.74) is 6.26. The molecule has 1 saturated heterocycles. The van der Waals surface area contributed by atoms with Crippen LogP contribution in [0, 0.1) is 6.92 Å². The molecule has 1 amide bonds. The Hall–Kier alpha value is -2.54. The molecule has 1 atom stereocenters. The highest BCUT2D eigenvalue weighted by Crippen LogP contribution is 2.27. The second-order valence-corrected chi connectivity index (χ2v) is 5.75. The molecule has 1 aliphatic rings. The summed E-state index contributed by atoms with van der Waals surface area (Å²) in [6.07, 6.45) is 2.70. The smallest absolute Gasteiger partial charge is 0.231 e. The van der Waals surface area contributed by atoms with Crippen LogP contribution in [0.15, 0.2) is 30.5 Å². The lowest BCUT2D eigenvalue weighted by atomic mass is 10.0. The van der Waals surface area contributed by atoms with Crippen molar-refractivity contribution in [2.45, 2.75) is 19.3 Å². The SMILES string of the molecule is Cc1nc(Nc2ccccn2)cc([C@H]2CCN(CC(N)=O)C2)n1. The molecule has 0 saturated carbocycles. The van der Waals surface area contributed by atoms with Gasteiger partial charge in [0.25, 0.3) is 0 Å². The maximum absolute atomic E-state index is 11.0. The highest BCUT2D eigenvalue weighted by molar-refractivity contribution is 5.76. The van der Waals surface area contributed by atoms with Crippen molar-refractivity contribution in [3.8, 4) is 0 Å². The molecule has 0 radical (unpaired) electrons. The molecule has 23 heavy (non-hydrogen) atoms. The van der Waals surface area contributed by atoms with Crippen molar-refractivity contribution >= 4 is 17.5 Å². The molecule has 0 bridgehead atoms. The minimum atomic E-state index is -0.290. The Kier molecular flexibility index (Phi) is 4.47.